The number of hydrogen-bond acceptors (Lipinski definition) is 1. The molecule has 3 heteroatoms. The molecule has 2 N–H and O–H groups in total. The van der Waals surface area contributed by atoms with Crippen LogP contribution in [0.1, 0.15) is 42.6 Å². The van der Waals surface area contributed by atoms with Gasteiger partial charge in [0.25, 0.3) is 5.91 Å². The summed E-state index contributed by atoms with van der Waals surface area (Å²) in [7, 11) is 0. The van der Waals surface area contributed by atoms with Gasteiger partial charge in [0, 0.05) is 12.2 Å². The van der Waals surface area contributed by atoms with Crippen molar-refractivity contribution >= 4 is 5.91 Å². The normalized spacial score (nSPS) is 18.0. The molecule has 0 aliphatic heterocycles. The van der Waals surface area contributed by atoms with E-state index in [2.05, 4.69) is 10.3 Å². The molecule has 1 aromatic rings. The van der Waals surface area contributed by atoms with Crippen LogP contribution in [0.15, 0.2) is 18.3 Å². The molecule has 1 aromatic heterocycles. The van der Waals surface area contributed by atoms with Crippen molar-refractivity contribution in [1.82, 2.24) is 10.3 Å². The van der Waals surface area contributed by atoms with Gasteiger partial charge in [-0.2, -0.15) is 0 Å². The monoisotopic (exact) mass is 192 g/mol. The SMILES string of the molecule is O=C(NC1CCCCC1)c1ccc[nH]1. The molecule has 0 spiro atoms. The van der Waals surface area contributed by atoms with E-state index >= 15 is 0 Å². The Kier molecular flexibility index (Phi) is 2.87. The van der Waals surface area contributed by atoms with Crippen molar-refractivity contribution in [3.63, 3.8) is 0 Å². The van der Waals surface area contributed by atoms with Gasteiger partial charge in [0.05, 0.1) is 0 Å². The number of hydrogen-bond donors (Lipinski definition) is 2. The molecule has 76 valence electrons. The molecule has 0 aromatic carbocycles. The van der Waals surface area contributed by atoms with Crippen LogP contribution in [0, 0.1) is 0 Å². The molecule has 1 aliphatic rings. The Morgan fingerprint density at radius 2 is 2.14 bits per heavy atom. The van der Waals surface area contributed by atoms with Gasteiger partial charge < -0.3 is 10.3 Å². The fourth-order valence-corrected chi connectivity index (χ4v) is 1.98. The van der Waals surface area contributed by atoms with Gasteiger partial charge in [0.2, 0.25) is 0 Å². The van der Waals surface area contributed by atoms with Crippen LogP contribution in [0.2, 0.25) is 0 Å². The van der Waals surface area contributed by atoms with Gasteiger partial charge in [0.1, 0.15) is 5.69 Å². The third-order valence-corrected chi connectivity index (χ3v) is 2.78. The Labute approximate surface area is 83.9 Å². The third-order valence-electron chi connectivity index (χ3n) is 2.78. The summed E-state index contributed by atoms with van der Waals surface area (Å²) in [6.45, 7) is 0. The van der Waals surface area contributed by atoms with Crippen molar-refractivity contribution < 1.29 is 4.79 Å². The van der Waals surface area contributed by atoms with Crippen LogP contribution >= 0.6 is 0 Å². The van der Waals surface area contributed by atoms with Gasteiger partial charge in [-0.05, 0) is 25.0 Å². The van der Waals surface area contributed by atoms with E-state index in [1.165, 1.54) is 19.3 Å². The fourth-order valence-electron chi connectivity index (χ4n) is 1.98. The molecular formula is C11H16N2O. The average molecular weight is 192 g/mol. The second-order valence-electron chi connectivity index (χ2n) is 3.89. The molecule has 0 saturated heterocycles. The lowest BCUT2D eigenvalue weighted by atomic mass is 9.95. The third kappa shape index (κ3) is 2.16. The molecule has 1 fully saturated rings. The Morgan fingerprint density at radius 1 is 1.36 bits per heavy atom. The Bertz CT molecular complexity index is 286. The maximum atomic E-state index is 11.6. The Morgan fingerprint density at radius 3 is 2.79 bits per heavy atom. The molecule has 0 atom stereocenters. The van der Waals surface area contributed by atoms with Crippen LogP contribution in [0.3, 0.4) is 0 Å². The largest absolute Gasteiger partial charge is 0.357 e. The first kappa shape index (κ1) is 9.31. The van der Waals surface area contributed by atoms with Gasteiger partial charge in [-0.25, -0.2) is 0 Å². The topological polar surface area (TPSA) is 44.9 Å². The minimum atomic E-state index is 0.0295. The lowest BCUT2D eigenvalue weighted by molar-refractivity contribution is 0.0923. The summed E-state index contributed by atoms with van der Waals surface area (Å²) in [5.74, 6) is 0.0295. The summed E-state index contributed by atoms with van der Waals surface area (Å²) in [6, 6.07) is 4.04. The first-order chi connectivity index (χ1) is 6.86. The highest BCUT2D eigenvalue weighted by Gasteiger charge is 2.16. The highest BCUT2D eigenvalue weighted by atomic mass is 16.1. The zero-order valence-corrected chi connectivity index (χ0v) is 8.25. The minimum absolute atomic E-state index is 0.0295. The molecule has 3 nitrogen and oxygen atoms in total. The number of aromatic nitrogens is 1. The van der Waals surface area contributed by atoms with E-state index in [0.717, 1.165) is 12.8 Å². The number of aromatic amines is 1. The smallest absolute Gasteiger partial charge is 0.267 e. The van der Waals surface area contributed by atoms with E-state index in [9.17, 15) is 4.79 Å². The Hall–Kier alpha value is -1.25. The summed E-state index contributed by atoms with van der Waals surface area (Å²) >= 11 is 0. The van der Waals surface area contributed by atoms with Crippen LogP contribution in [-0.2, 0) is 0 Å². The van der Waals surface area contributed by atoms with Crippen LogP contribution < -0.4 is 5.32 Å². The molecule has 0 unspecified atom stereocenters. The Balaban J connectivity index is 1.87. The van der Waals surface area contributed by atoms with Crippen molar-refractivity contribution in [3.05, 3.63) is 24.0 Å². The average Bonchev–Trinajstić information content (AvgIpc) is 2.72. The molecule has 1 aliphatic carbocycles. The molecular weight excluding hydrogens is 176 g/mol. The highest BCUT2D eigenvalue weighted by molar-refractivity contribution is 5.92. The number of H-pyrrole nitrogens is 1. The summed E-state index contributed by atoms with van der Waals surface area (Å²) in [5, 5.41) is 3.05. The first-order valence-corrected chi connectivity index (χ1v) is 5.30. The van der Waals surface area contributed by atoms with Crippen LogP contribution in [0.4, 0.5) is 0 Å². The quantitative estimate of drug-likeness (QED) is 0.740. The predicted octanol–water partition coefficient (Wildman–Crippen LogP) is 2.08. The number of nitrogens with one attached hydrogen (secondary N) is 2. The predicted molar refractivity (Wildman–Crippen MR) is 55.1 cm³/mol. The van der Waals surface area contributed by atoms with Gasteiger partial charge in [-0.15, -0.1) is 0 Å². The van der Waals surface area contributed by atoms with Crippen molar-refractivity contribution in [2.75, 3.05) is 0 Å². The molecule has 14 heavy (non-hydrogen) atoms. The zero-order valence-electron chi connectivity index (χ0n) is 8.25. The molecule has 1 amide bonds. The van der Waals surface area contributed by atoms with Crippen LogP contribution in [0.5, 0.6) is 0 Å². The van der Waals surface area contributed by atoms with E-state index in [4.69, 9.17) is 0 Å². The van der Waals surface area contributed by atoms with Crippen LogP contribution in [-0.4, -0.2) is 16.9 Å². The van der Waals surface area contributed by atoms with Crippen molar-refractivity contribution in [2.45, 2.75) is 38.1 Å². The lowest BCUT2D eigenvalue weighted by Crippen LogP contribution is -2.36. The maximum Gasteiger partial charge on any atom is 0.267 e. The van der Waals surface area contributed by atoms with E-state index < -0.39 is 0 Å². The number of rotatable bonds is 2. The number of carbonyl (C=O) groups is 1. The maximum absolute atomic E-state index is 11.6. The molecule has 0 bridgehead atoms. The molecule has 1 heterocycles. The minimum Gasteiger partial charge on any atom is -0.357 e. The van der Waals surface area contributed by atoms with Crippen molar-refractivity contribution in [3.8, 4) is 0 Å². The summed E-state index contributed by atoms with van der Waals surface area (Å²) < 4.78 is 0. The summed E-state index contributed by atoms with van der Waals surface area (Å²) in [4.78, 5) is 14.5. The summed E-state index contributed by atoms with van der Waals surface area (Å²) in [5.41, 5.74) is 0.663. The van der Waals surface area contributed by atoms with Gasteiger partial charge >= 0.3 is 0 Å². The zero-order chi connectivity index (χ0) is 9.80. The number of carbonyl (C=O) groups excluding carboxylic acids is 1. The molecule has 1 saturated carbocycles. The van der Waals surface area contributed by atoms with E-state index in [-0.39, 0.29) is 5.91 Å². The summed E-state index contributed by atoms with van der Waals surface area (Å²) in [6.07, 6.45) is 7.84. The lowest BCUT2D eigenvalue weighted by Gasteiger charge is -2.22. The van der Waals surface area contributed by atoms with Crippen molar-refractivity contribution in [2.24, 2.45) is 0 Å². The van der Waals surface area contributed by atoms with Gasteiger partial charge in [0.15, 0.2) is 0 Å². The van der Waals surface area contributed by atoms with Gasteiger partial charge in [-0.3, -0.25) is 4.79 Å². The molecule has 0 radical (unpaired) electrons. The molecule has 2 rings (SSSR count). The van der Waals surface area contributed by atoms with Crippen LogP contribution in [0.25, 0.3) is 0 Å². The highest BCUT2D eigenvalue weighted by Crippen LogP contribution is 2.17. The van der Waals surface area contributed by atoms with Crippen molar-refractivity contribution in [1.29, 1.82) is 0 Å². The fraction of sp³-hybridized carbons (Fsp3) is 0.545. The van der Waals surface area contributed by atoms with E-state index in [1.54, 1.807) is 12.3 Å². The van der Waals surface area contributed by atoms with E-state index in [0.29, 0.717) is 11.7 Å². The van der Waals surface area contributed by atoms with E-state index in [1.807, 2.05) is 6.07 Å². The second kappa shape index (κ2) is 4.31. The standard InChI is InChI=1S/C11H16N2O/c14-11(10-7-4-8-12-10)13-9-5-2-1-3-6-9/h4,7-9,12H,1-3,5-6H2,(H,13,14). The second-order valence-corrected chi connectivity index (χ2v) is 3.89. The number of amides is 1. The first-order valence-electron chi connectivity index (χ1n) is 5.30. The van der Waals surface area contributed by atoms with Gasteiger partial charge in [-0.1, -0.05) is 19.3 Å².